The lowest BCUT2D eigenvalue weighted by molar-refractivity contribution is 0.150. The van der Waals surface area contributed by atoms with Gasteiger partial charge in [-0.3, -0.25) is 4.72 Å². The SMILES string of the molecule is CCS(=O)(=O)Nc1cccc(C2=CCN(C(=O)O)CC2)c1. The smallest absolute Gasteiger partial charge is 0.407 e. The molecule has 0 atom stereocenters. The average molecular weight is 310 g/mol. The Hall–Kier alpha value is -2.02. The zero-order valence-corrected chi connectivity index (χ0v) is 12.6. The lowest BCUT2D eigenvalue weighted by Gasteiger charge is -2.24. The van der Waals surface area contributed by atoms with E-state index in [1.807, 2.05) is 12.1 Å². The highest BCUT2D eigenvalue weighted by Crippen LogP contribution is 2.25. The van der Waals surface area contributed by atoms with Crippen LogP contribution in [0.2, 0.25) is 0 Å². The Kier molecular flexibility index (Phi) is 4.52. The van der Waals surface area contributed by atoms with E-state index in [4.69, 9.17) is 5.11 Å². The molecule has 0 spiro atoms. The summed E-state index contributed by atoms with van der Waals surface area (Å²) in [4.78, 5) is 12.2. The third-order valence-corrected chi connectivity index (χ3v) is 4.67. The Morgan fingerprint density at radius 2 is 2.19 bits per heavy atom. The van der Waals surface area contributed by atoms with Crippen molar-refractivity contribution >= 4 is 27.4 Å². The zero-order chi connectivity index (χ0) is 15.5. The predicted octanol–water partition coefficient (Wildman–Crippen LogP) is 2.22. The number of anilines is 1. The van der Waals surface area contributed by atoms with E-state index in [1.54, 1.807) is 25.1 Å². The van der Waals surface area contributed by atoms with E-state index in [9.17, 15) is 13.2 Å². The van der Waals surface area contributed by atoms with Crippen molar-refractivity contribution in [1.29, 1.82) is 0 Å². The van der Waals surface area contributed by atoms with E-state index < -0.39 is 16.1 Å². The highest BCUT2D eigenvalue weighted by molar-refractivity contribution is 7.92. The van der Waals surface area contributed by atoms with E-state index in [2.05, 4.69) is 4.72 Å². The largest absolute Gasteiger partial charge is 0.465 e. The lowest BCUT2D eigenvalue weighted by Crippen LogP contribution is -2.33. The summed E-state index contributed by atoms with van der Waals surface area (Å²) in [6.07, 6.45) is 1.57. The van der Waals surface area contributed by atoms with E-state index in [0.29, 0.717) is 25.2 Å². The van der Waals surface area contributed by atoms with Crippen LogP contribution in [0.5, 0.6) is 0 Å². The molecule has 0 aromatic heterocycles. The summed E-state index contributed by atoms with van der Waals surface area (Å²) in [5, 5.41) is 8.91. The van der Waals surface area contributed by atoms with Crippen LogP contribution in [0.1, 0.15) is 18.9 Å². The fraction of sp³-hybridized carbons (Fsp3) is 0.357. The van der Waals surface area contributed by atoms with Crippen molar-refractivity contribution in [3.8, 4) is 0 Å². The second kappa shape index (κ2) is 6.17. The molecule has 7 heteroatoms. The quantitative estimate of drug-likeness (QED) is 0.892. The number of amides is 1. The van der Waals surface area contributed by atoms with Gasteiger partial charge in [-0.05, 0) is 36.6 Å². The van der Waals surface area contributed by atoms with Gasteiger partial charge in [0.15, 0.2) is 0 Å². The Balaban J connectivity index is 2.17. The van der Waals surface area contributed by atoms with Crippen LogP contribution in [0.15, 0.2) is 30.3 Å². The molecule has 0 unspecified atom stereocenters. The van der Waals surface area contributed by atoms with Crippen LogP contribution in [0.25, 0.3) is 5.57 Å². The second-order valence-corrected chi connectivity index (χ2v) is 6.81. The summed E-state index contributed by atoms with van der Waals surface area (Å²) >= 11 is 0. The lowest BCUT2D eigenvalue weighted by atomic mass is 9.99. The second-order valence-electron chi connectivity index (χ2n) is 4.79. The number of carboxylic acid groups (broad SMARTS) is 1. The predicted molar refractivity (Wildman–Crippen MR) is 81.7 cm³/mol. The monoisotopic (exact) mass is 310 g/mol. The van der Waals surface area contributed by atoms with Crippen LogP contribution in [-0.2, 0) is 10.0 Å². The maximum atomic E-state index is 11.6. The van der Waals surface area contributed by atoms with Crippen molar-refractivity contribution in [3.05, 3.63) is 35.9 Å². The Morgan fingerprint density at radius 3 is 2.76 bits per heavy atom. The molecule has 0 saturated carbocycles. The molecule has 1 aromatic rings. The molecule has 1 aromatic carbocycles. The molecule has 6 nitrogen and oxygen atoms in total. The summed E-state index contributed by atoms with van der Waals surface area (Å²) in [5.41, 5.74) is 2.47. The molecule has 2 N–H and O–H groups in total. The van der Waals surface area contributed by atoms with Crippen LogP contribution in [-0.4, -0.2) is 43.4 Å². The molecule has 1 amide bonds. The number of nitrogens with one attached hydrogen (secondary N) is 1. The number of rotatable bonds is 4. The zero-order valence-electron chi connectivity index (χ0n) is 11.7. The summed E-state index contributed by atoms with van der Waals surface area (Å²) in [5.74, 6) is 0.0213. The number of sulfonamides is 1. The first-order valence-corrected chi connectivity index (χ1v) is 8.34. The number of benzene rings is 1. The van der Waals surface area contributed by atoms with Gasteiger partial charge in [0.1, 0.15) is 0 Å². The Labute approximate surface area is 124 Å². The first kappa shape index (κ1) is 15.4. The minimum atomic E-state index is -3.30. The van der Waals surface area contributed by atoms with E-state index >= 15 is 0 Å². The summed E-state index contributed by atoms with van der Waals surface area (Å²) < 4.78 is 25.7. The summed E-state index contributed by atoms with van der Waals surface area (Å²) in [6.45, 7) is 2.39. The van der Waals surface area contributed by atoms with Gasteiger partial charge in [0.05, 0.1) is 5.75 Å². The van der Waals surface area contributed by atoms with Gasteiger partial charge in [0.2, 0.25) is 10.0 Å². The molecule has 1 aliphatic heterocycles. The van der Waals surface area contributed by atoms with Crippen LogP contribution >= 0.6 is 0 Å². The van der Waals surface area contributed by atoms with Crippen molar-refractivity contribution in [2.75, 3.05) is 23.6 Å². The van der Waals surface area contributed by atoms with Gasteiger partial charge in [-0.1, -0.05) is 18.2 Å². The van der Waals surface area contributed by atoms with Gasteiger partial charge in [0, 0.05) is 18.8 Å². The molecule has 114 valence electrons. The highest BCUT2D eigenvalue weighted by Gasteiger charge is 2.17. The third-order valence-electron chi connectivity index (χ3n) is 3.37. The Morgan fingerprint density at radius 1 is 1.43 bits per heavy atom. The highest BCUT2D eigenvalue weighted by atomic mass is 32.2. The van der Waals surface area contributed by atoms with Gasteiger partial charge in [-0.25, -0.2) is 13.2 Å². The molecule has 1 aliphatic rings. The number of hydrogen-bond donors (Lipinski definition) is 2. The van der Waals surface area contributed by atoms with Crippen molar-refractivity contribution in [1.82, 2.24) is 4.90 Å². The van der Waals surface area contributed by atoms with Crippen molar-refractivity contribution in [2.45, 2.75) is 13.3 Å². The van der Waals surface area contributed by atoms with Gasteiger partial charge in [0.25, 0.3) is 0 Å². The maximum Gasteiger partial charge on any atom is 0.407 e. The first-order chi connectivity index (χ1) is 9.91. The number of nitrogens with zero attached hydrogens (tertiary/aromatic N) is 1. The molecule has 0 bridgehead atoms. The minimum absolute atomic E-state index is 0.0213. The molecule has 0 aliphatic carbocycles. The van der Waals surface area contributed by atoms with E-state index in [0.717, 1.165) is 11.1 Å². The van der Waals surface area contributed by atoms with E-state index in [1.165, 1.54) is 4.90 Å². The average Bonchev–Trinajstić information content (AvgIpc) is 2.47. The Bertz CT molecular complexity index is 667. The molecular formula is C14H18N2O4S. The van der Waals surface area contributed by atoms with Gasteiger partial charge in [-0.15, -0.1) is 0 Å². The third kappa shape index (κ3) is 3.98. The van der Waals surface area contributed by atoms with Crippen molar-refractivity contribution < 1.29 is 18.3 Å². The molecule has 0 radical (unpaired) electrons. The first-order valence-electron chi connectivity index (χ1n) is 6.69. The van der Waals surface area contributed by atoms with E-state index in [-0.39, 0.29) is 5.75 Å². The topological polar surface area (TPSA) is 86.7 Å². The fourth-order valence-corrected chi connectivity index (χ4v) is 2.77. The summed E-state index contributed by atoms with van der Waals surface area (Å²) in [6, 6.07) is 7.15. The molecule has 0 saturated heterocycles. The van der Waals surface area contributed by atoms with Gasteiger partial charge >= 0.3 is 6.09 Å². The maximum absolute atomic E-state index is 11.6. The normalized spacial score (nSPS) is 15.5. The number of hydrogen-bond acceptors (Lipinski definition) is 3. The van der Waals surface area contributed by atoms with Crippen LogP contribution in [0, 0.1) is 0 Å². The molecular weight excluding hydrogens is 292 g/mol. The summed E-state index contributed by atoms with van der Waals surface area (Å²) in [7, 11) is -3.30. The van der Waals surface area contributed by atoms with Crippen LogP contribution in [0.4, 0.5) is 10.5 Å². The van der Waals surface area contributed by atoms with Gasteiger partial charge < -0.3 is 10.0 Å². The minimum Gasteiger partial charge on any atom is -0.465 e. The van der Waals surface area contributed by atoms with Crippen molar-refractivity contribution in [3.63, 3.8) is 0 Å². The van der Waals surface area contributed by atoms with Crippen LogP contribution < -0.4 is 4.72 Å². The molecule has 1 heterocycles. The molecule has 2 rings (SSSR count). The molecule has 21 heavy (non-hydrogen) atoms. The fourth-order valence-electron chi connectivity index (χ4n) is 2.14. The van der Waals surface area contributed by atoms with Gasteiger partial charge in [-0.2, -0.15) is 0 Å². The molecule has 0 fully saturated rings. The standard InChI is InChI=1S/C14H18N2O4S/c1-2-21(19,20)15-13-5-3-4-12(10-13)11-6-8-16(9-7-11)14(17)18/h3-6,10,15H,2,7-9H2,1H3,(H,17,18). The van der Waals surface area contributed by atoms with Crippen LogP contribution in [0.3, 0.4) is 0 Å². The van der Waals surface area contributed by atoms with Crippen molar-refractivity contribution in [2.24, 2.45) is 0 Å². The number of carbonyl (C=O) groups is 1.